The highest BCUT2D eigenvalue weighted by Gasteiger charge is 2.50. The van der Waals surface area contributed by atoms with Gasteiger partial charge in [-0.3, -0.25) is 14.6 Å². The topological polar surface area (TPSA) is 84.4 Å². The number of aromatic nitrogens is 2. The number of aryl methyl sites for hydroxylation is 1. The molecule has 7 nitrogen and oxygen atoms in total. The minimum absolute atomic E-state index is 0.0658. The normalized spacial score (nSPS) is 23.1. The molecule has 1 aromatic heterocycles. The van der Waals surface area contributed by atoms with Crippen molar-refractivity contribution in [1.82, 2.24) is 20.2 Å². The quantitative estimate of drug-likeness (QED) is 0.872. The molecule has 3 rings (SSSR count). The molecule has 2 aliphatic heterocycles. The molecule has 23 heavy (non-hydrogen) atoms. The molecule has 0 radical (unpaired) electrons. The van der Waals surface area contributed by atoms with Crippen molar-refractivity contribution in [3.8, 4) is 0 Å². The molecule has 2 aliphatic rings. The van der Waals surface area contributed by atoms with E-state index in [2.05, 4.69) is 15.3 Å². The Morgan fingerprint density at radius 1 is 1.39 bits per heavy atom. The lowest BCUT2D eigenvalue weighted by molar-refractivity contribution is -0.126. The van der Waals surface area contributed by atoms with E-state index in [1.807, 2.05) is 6.92 Å². The number of ether oxygens (including phenoxy) is 1. The van der Waals surface area contributed by atoms with Gasteiger partial charge in [-0.1, -0.05) is 0 Å². The van der Waals surface area contributed by atoms with Gasteiger partial charge >= 0.3 is 0 Å². The lowest BCUT2D eigenvalue weighted by atomic mass is 9.71. The summed E-state index contributed by atoms with van der Waals surface area (Å²) in [4.78, 5) is 34.6. The van der Waals surface area contributed by atoms with Crippen LogP contribution in [-0.2, 0) is 9.53 Å². The first kappa shape index (κ1) is 15.9. The minimum atomic E-state index is -0.121. The summed E-state index contributed by atoms with van der Waals surface area (Å²) in [6.07, 6.45) is 4.72. The second-order valence-corrected chi connectivity index (χ2v) is 6.42. The van der Waals surface area contributed by atoms with Gasteiger partial charge in [0.1, 0.15) is 5.69 Å². The van der Waals surface area contributed by atoms with Crippen molar-refractivity contribution >= 4 is 11.8 Å². The van der Waals surface area contributed by atoms with Crippen LogP contribution >= 0.6 is 0 Å². The number of carbonyl (C=O) groups is 2. The van der Waals surface area contributed by atoms with Gasteiger partial charge in [-0.05, 0) is 19.8 Å². The summed E-state index contributed by atoms with van der Waals surface area (Å²) < 4.78 is 5.22. The van der Waals surface area contributed by atoms with E-state index < -0.39 is 0 Å². The average molecular weight is 318 g/mol. The summed E-state index contributed by atoms with van der Waals surface area (Å²) in [6.45, 7) is 4.20. The van der Waals surface area contributed by atoms with Gasteiger partial charge in [0.05, 0.1) is 24.4 Å². The van der Waals surface area contributed by atoms with Crippen LogP contribution in [0.1, 0.15) is 29.0 Å². The number of nitrogens with zero attached hydrogens (tertiary/aromatic N) is 3. The maximum absolute atomic E-state index is 12.5. The highest BCUT2D eigenvalue weighted by atomic mass is 16.5. The van der Waals surface area contributed by atoms with Gasteiger partial charge in [-0.15, -0.1) is 0 Å². The van der Waals surface area contributed by atoms with E-state index in [0.29, 0.717) is 31.9 Å². The van der Waals surface area contributed by atoms with Gasteiger partial charge < -0.3 is 15.0 Å². The first-order chi connectivity index (χ1) is 11.1. The molecule has 0 bridgehead atoms. The van der Waals surface area contributed by atoms with Gasteiger partial charge in [0.2, 0.25) is 5.91 Å². The van der Waals surface area contributed by atoms with Crippen LogP contribution in [0, 0.1) is 18.3 Å². The van der Waals surface area contributed by atoms with Crippen LogP contribution in [0.4, 0.5) is 0 Å². The average Bonchev–Trinajstić information content (AvgIpc) is 2.86. The molecule has 1 atom stereocenters. The largest absolute Gasteiger partial charge is 0.384 e. The summed E-state index contributed by atoms with van der Waals surface area (Å²) in [7, 11) is 1.62. The number of piperidine rings is 1. The van der Waals surface area contributed by atoms with Crippen LogP contribution in [0.2, 0.25) is 0 Å². The smallest absolute Gasteiger partial charge is 0.274 e. The highest BCUT2D eigenvalue weighted by Crippen LogP contribution is 2.42. The number of methoxy groups -OCH3 is 1. The fourth-order valence-corrected chi connectivity index (χ4v) is 3.55. The van der Waals surface area contributed by atoms with E-state index in [4.69, 9.17) is 4.74 Å². The van der Waals surface area contributed by atoms with Crippen LogP contribution in [-0.4, -0.2) is 60.0 Å². The van der Waals surface area contributed by atoms with Gasteiger partial charge in [0.15, 0.2) is 0 Å². The van der Waals surface area contributed by atoms with Crippen molar-refractivity contribution in [2.75, 3.05) is 33.4 Å². The molecule has 7 heteroatoms. The van der Waals surface area contributed by atoms with Gasteiger partial charge in [0, 0.05) is 38.4 Å². The first-order valence-electron chi connectivity index (χ1n) is 7.90. The molecule has 2 fully saturated rings. The molecule has 1 spiro atoms. The van der Waals surface area contributed by atoms with E-state index in [9.17, 15) is 9.59 Å². The fraction of sp³-hybridized carbons (Fsp3) is 0.625. The van der Waals surface area contributed by atoms with Crippen molar-refractivity contribution < 1.29 is 14.3 Å². The molecule has 0 aromatic carbocycles. The maximum atomic E-state index is 12.5. The fourth-order valence-electron chi connectivity index (χ4n) is 3.55. The second kappa shape index (κ2) is 6.23. The minimum Gasteiger partial charge on any atom is -0.384 e. The van der Waals surface area contributed by atoms with Crippen LogP contribution < -0.4 is 5.32 Å². The van der Waals surface area contributed by atoms with E-state index >= 15 is 0 Å². The van der Waals surface area contributed by atoms with Gasteiger partial charge in [-0.25, -0.2) is 4.98 Å². The van der Waals surface area contributed by atoms with Crippen LogP contribution in [0.15, 0.2) is 12.4 Å². The molecule has 0 unspecified atom stereocenters. The third-order valence-corrected chi connectivity index (χ3v) is 5.05. The number of hydrogen-bond donors (Lipinski definition) is 1. The summed E-state index contributed by atoms with van der Waals surface area (Å²) in [5.41, 5.74) is 1.07. The van der Waals surface area contributed by atoms with Crippen molar-refractivity contribution in [3.05, 3.63) is 23.8 Å². The summed E-state index contributed by atoms with van der Waals surface area (Å²) >= 11 is 0. The van der Waals surface area contributed by atoms with Crippen LogP contribution in [0.3, 0.4) is 0 Å². The van der Waals surface area contributed by atoms with E-state index in [0.717, 1.165) is 18.5 Å². The summed E-state index contributed by atoms with van der Waals surface area (Å²) in [5, 5.41) is 2.95. The zero-order chi connectivity index (χ0) is 16.4. The van der Waals surface area contributed by atoms with Gasteiger partial charge in [0.25, 0.3) is 5.91 Å². The van der Waals surface area contributed by atoms with Gasteiger partial charge in [-0.2, -0.15) is 0 Å². The Kier molecular flexibility index (Phi) is 4.30. The number of rotatable bonds is 3. The van der Waals surface area contributed by atoms with E-state index in [1.54, 1.807) is 18.2 Å². The predicted molar refractivity (Wildman–Crippen MR) is 82.7 cm³/mol. The van der Waals surface area contributed by atoms with E-state index in [1.165, 1.54) is 6.20 Å². The zero-order valence-corrected chi connectivity index (χ0v) is 13.5. The maximum Gasteiger partial charge on any atom is 0.274 e. The Bertz CT molecular complexity index is 594. The van der Waals surface area contributed by atoms with Crippen LogP contribution in [0.5, 0.6) is 0 Å². The number of carbonyl (C=O) groups excluding carboxylic acids is 2. The first-order valence-corrected chi connectivity index (χ1v) is 7.90. The molecule has 2 amide bonds. The van der Waals surface area contributed by atoms with Crippen molar-refractivity contribution in [3.63, 3.8) is 0 Å². The Morgan fingerprint density at radius 3 is 2.74 bits per heavy atom. The molecule has 2 saturated heterocycles. The molecular weight excluding hydrogens is 296 g/mol. The molecule has 1 N–H and O–H groups in total. The third-order valence-electron chi connectivity index (χ3n) is 5.05. The second-order valence-electron chi connectivity index (χ2n) is 6.42. The third kappa shape index (κ3) is 2.93. The Hall–Kier alpha value is -2.02. The van der Waals surface area contributed by atoms with Crippen molar-refractivity contribution in [2.24, 2.45) is 11.3 Å². The summed E-state index contributed by atoms with van der Waals surface area (Å²) in [5.74, 6) is -0.145. The number of likely N-dealkylation sites (tertiary alicyclic amines) is 1. The lowest BCUT2D eigenvalue weighted by Gasteiger charge is -2.41. The monoisotopic (exact) mass is 318 g/mol. The molecule has 0 saturated carbocycles. The standard InChI is InChI=1S/C16H22N4O3/c1-11-7-18-13(8-17-11)15(22)20-5-3-16(4-6-20)10-19-14(21)12(16)9-23-2/h7-8,12H,3-6,9-10H2,1-2H3,(H,19,21)/t12-/m0/s1. The zero-order valence-electron chi connectivity index (χ0n) is 13.5. The van der Waals surface area contributed by atoms with Crippen molar-refractivity contribution in [1.29, 1.82) is 0 Å². The SMILES string of the molecule is COC[C@H]1C(=O)NCC12CCN(C(=O)c1cnc(C)cn1)CC2. The Balaban J connectivity index is 1.67. The predicted octanol–water partition coefficient (Wildman–Crippen LogP) is 0.400. The summed E-state index contributed by atoms with van der Waals surface area (Å²) in [6, 6.07) is 0. The molecule has 3 heterocycles. The number of nitrogens with one attached hydrogen (secondary N) is 1. The van der Waals surface area contributed by atoms with Crippen LogP contribution in [0.25, 0.3) is 0 Å². The Labute approximate surface area is 135 Å². The molecule has 1 aromatic rings. The number of amides is 2. The van der Waals surface area contributed by atoms with Crippen molar-refractivity contribution in [2.45, 2.75) is 19.8 Å². The lowest BCUT2D eigenvalue weighted by Crippen LogP contribution is -2.47. The molecule has 0 aliphatic carbocycles. The highest BCUT2D eigenvalue weighted by molar-refractivity contribution is 5.92. The molecule has 124 valence electrons. The Morgan fingerprint density at radius 2 is 2.13 bits per heavy atom. The number of hydrogen-bond acceptors (Lipinski definition) is 5. The molecular formula is C16H22N4O3. The van der Waals surface area contributed by atoms with E-state index in [-0.39, 0.29) is 23.1 Å².